The van der Waals surface area contributed by atoms with Crippen molar-refractivity contribution in [2.24, 2.45) is 0 Å². The summed E-state index contributed by atoms with van der Waals surface area (Å²) in [7, 11) is 0. The van der Waals surface area contributed by atoms with Crippen LogP contribution in [0.1, 0.15) is 33.1 Å². The van der Waals surface area contributed by atoms with Gasteiger partial charge in [-0.05, 0) is 12.8 Å². The van der Waals surface area contributed by atoms with E-state index >= 15 is 0 Å². The maximum absolute atomic E-state index is 10.0. The molecule has 0 heterocycles. The van der Waals surface area contributed by atoms with Crippen LogP contribution in [0.2, 0.25) is 0 Å². The molecule has 0 amide bonds. The van der Waals surface area contributed by atoms with Gasteiger partial charge in [-0.1, -0.05) is 20.3 Å². The van der Waals surface area contributed by atoms with E-state index in [0.29, 0.717) is 6.61 Å². The second-order valence-electron chi connectivity index (χ2n) is 3.44. The minimum Gasteiger partial charge on any atom is -0.450 e. The molecule has 5 nitrogen and oxygen atoms in total. The first kappa shape index (κ1) is 15.2. The Labute approximate surface area is 96.7 Å². The summed E-state index contributed by atoms with van der Waals surface area (Å²) in [4.78, 5) is 10.0. The lowest BCUT2D eigenvalue weighted by Crippen LogP contribution is -2.21. The highest BCUT2D eigenvalue weighted by Gasteiger charge is 2.06. The molecule has 16 heavy (non-hydrogen) atoms. The number of hydrogen-bond donors (Lipinski definition) is 1. The van der Waals surface area contributed by atoms with Crippen molar-refractivity contribution >= 4 is 6.16 Å². The SMILES string of the molecule is CCCCOC(CC)COCCOC(=O)O. The van der Waals surface area contributed by atoms with Gasteiger partial charge in [-0.15, -0.1) is 0 Å². The van der Waals surface area contributed by atoms with E-state index in [4.69, 9.17) is 14.6 Å². The molecule has 0 spiro atoms. The fourth-order valence-corrected chi connectivity index (χ4v) is 1.08. The van der Waals surface area contributed by atoms with Crippen molar-refractivity contribution in [2.75, 3.05) is 26.4 Å². The van der Waals surface area contributed by atoms with Gasteiger partial charge in [0.05, 0.1) is 19.3 Å². The number of carboxylic acid groups (broad SMARTS) is 1. The molecule has 0 aromatic carbocycles. The number of rotatable bonds is 10. The molecular weight excluding hydrogens is 212 g/mol. The molecule has 0 saturated heterocycles. The molecule has 0 aromatic heterocycles. The average molecular weight is 234 g/mol. The lowest BCUT2D eigenvalue weighted by molar-refractivity contribution is -0.0296. The molecule has 0 radical (unpaired) electrons. The van der Waals surface area contributed by atoms with Gasteiger partial charge in [-0.25, -0.2) is 4.79 Å². The van der Waals surface area contributed by atoms with Gasteiger partial charge in [0.1, 0.15) is 6.61 Å². The molecule has 0 aliphatic heterocycles. The molecule has 96 valence electrons. The summed E-state index contributed by atoms with van der Waals surface area (Å²) in [5, 5.41) is 8.21. The molecule has 0 aliphatic carbocycles. The lowest BCUT2D eigenvalue weighted by Gasteiger charge is -2.15. The number of ether oxygens (including phenoxy) is 3. The fourth-order valence-electron chi connectivity index (χ4n) is 1.08. The summed E-state index contributed by atoms with van der Waals surface area (Å²) < 4.78 is 15.1. The van der Waals surface area contributed by atoms with Crippen molar-refractivity contribution in [3.63, 3.8) is 0 Å². The number of hydrogen-bond acceptors (Lipinski definition) is 4. The summed E-state index contributed by atoms with van der Waals surface area (Å²) in [6.07, 6.45) is 1.89. The van der Waals surface area contributed by atoms with E-state index in [1.165, 1.54) is 0 Å². The second-order valence-corrected chi connectivity index (χ2v) is 3.44. The molecule has 0 bridgehead atoms. The van der Waals surface area contributed by atoms with Crippen molar-refractivity contribution in [2.45, 2.75) is 39.2 Å². The van der Waals surface area contributed by atoms with Gasteiger partial charge in [0, 0.05) is 6.61 Å². The van der Waals surface area contributed by atoms with E-state index in [2.05, 4.69) is 11.7 Å². The van der Waals surface area contributed by atoms with Crippen molar-refractivity contribution in [1.29, 1.82) is 0 Å². The summed E-state index contributed by atoms with van der Waals surface area (Å²) >= 11 is 0. The van der Waals surface area contributed by atoms with Crippen LogP contribution in [0.5, 0.6) is 0 Å². The smallest absolute Gasteiger partial charge is 0.450 e. The zero-order valence-corrected chi connectivity index (χ0v) is 10.1. The zero-order valence-electron chi connectivity index (χ0n) is 10.1. The van der Waals surface area contributed by atoms with Gasteiger partial charge in [-0.2, -0.15) is 0 Å². The van der Waals surface area contributed by atoms with Gasteiger partial charge in [0.2, 0.25) is 0 Å². The van der Waals surface area contributed by atoms with Crippen LogP contribution >= 0.6 is 0 Å². The first-order chi connectivity index (χ1) is 7.70. The third-order valence-electron chi connectivity index (χ3n) is 2.06. The fraction of sp³-hybridized carbons (Fsp3) is 0.909. The van der Waals surface area contributed by atoms with Crippen LogP contribution in [-0.2, 0) is 14.2 Å². The van der Waals surface area contributed by atoms with Crippen LogP contribution in [0.25, 0.3) is 0 Å². The highest BCUT2D eigenvalue weighted by atomic mass is 16.7. The lowest BCUT2D eigenvalue weighted by atomic mass is 10.3. The molecule has 0 fully saturated rings. The van der Waals surface area contributed by atoms with E-state index in [-0.39, 0.29) is 19.3 Å². The van der Waals surface area contributed by atoms with Crippen LogP contribution in [0.15, 0.2) is 0 Å². The largest absolute Gasteiger partial charge is 0.505 e. The first-order valence-electron chi connectivity index (χ1n) is 5.75. The van der Waals surface area contributed by atoms with Gasteiger partial charge >= 0.3 is 6.16 Å². The van der Waals surface area contributed by atoms with Crippen molar-refractivity contribution in [3.8, 4) is 0 Å². The molecule has 0 aromatic rings. The summed E-state index contributed by atoms with van der Waals surface area (Å²) in [6, 6.07) is 0. The predicted octanol–water partition coefficient (Wildman–Crippen LogP) is 2.29. The van der Waals surface area contributed by atoms with Crippen LogP contribution in [0, 0.1) is 0 Å². The zero-order chi connectivity index (χ0) is 12.2. The Hall–Kier alpha value is -0.810. The van der Waals surface area contributed by atoms with E-state index in [9.17, 15) is 4.79 Å². The highest BCUT2D eigenvalue weighted by Crippen LogP contribution is 2.01. The molecule has 5 heteroatoms. The normalized spacial score (nSPS) is 12.4. The Balaban J connectivity index is 3.36. The molecule has 1 unspecified atom stereocenters. The Morgan fingerprint density at radius 1 is 1.25 bits per heavy atom. The van der Waals surface area contributed by atoms with Crippen molar-refractivity contribution < 1.29 is 24.1 Å². The van der Waals surface area contributed by atoms with Gasteiger partial charge in [0.25, 0.3) is 0 Å². The minimum absolute atomic E-state index is 0.0702. The summed E-state index contributed by atoms with van der Waals surface area (Å²) in [5.74, 6) is 0. The van der Waals surface area contributed by atoms with Crippen molar-refractivity contribution in [1.82, 2.24) is 0 Å². The van der Waals surface area contributed by atoms with Gasteiger partial charge in [0.15, 0.2) is 0 Å². The Morgan fingerprint density at radius 2 is 2.00 bits per heavy atom. The molecule has 1 atom stereocenters. The van der Waals surface area contributed by atoms with E-state index in [1.54, 1.807) is 0 Å². The first-order valence-corrected chi connectivity index (χ1v) is 5.75. The van der Waals surface area contributed by atoms with Crippen LogP contribution in [-0.4, -0.2) is 43.8 Å². The van der Waals surface area contributed by atoms with E-state index < -0.39 is 6.16 Å². The minimum atomic E-state index is -1.27. The van der Waals surface area contributed by atoms with E-state index in [0.717, 1.165) is 25.9 Å². The summed E-state index contributed by atoms with van der Waals surface area (Å²) in [6.45, 7) is 5.74. The Kier molecular flexibility index (Phi) is 10.2. The predicted molar refractivity (Wildman–Crippen MR) is 59.7 cm³/mol. The van der Waals surface area contributed by atoms with E-state index in [1.807, 2.05) is 6.92 Å². The third kappa shape index (κ3) is 9.73. The van der Waals surface area contributed by atoms with Crippen LogP contribution in [0.3, 0.4) is 0 Å². The maximum atomic E-state index is 10.0. The molecule has 0 saturated carbocycles. The second kappa shape index (κ2) is 10.7. The highest BCUT2D eigenvalue weighted by molar-refractivity contribution is 5.56. The van der Waals surface area contributed by atoms with Crippen LogP contribution < -0.4 is 0 Å². The monoisotopic (exact) mass is 234 g/mol. The topological polar surface area (TPSA) is 65.0 Å². The summed E-state index contributed by atoms with van der Waals surface area (Å²) in [5.41, 5.74) is 0. The Morgan fingerprint density at radius 3 is 2.56 bits per heavy atom. The van der Waals surface area contributed by atoms with Crippen LogP contribution in [0.4, 0.5) is 4.79 Å². The third-order valence-corrected chi connectivity index (χ3v) is 2.06. The van der Waals surface area contributed by atoms with Gasteiger partial charge < -0.3 is 19.3 Å². The molecule has 0 aliphatic rings. The standard InChI is InChI=1S/C11H22O5/c1-3-5-6-15-10(4-2)9-14-7-8-16-11(12)13/h10H,3-9H2,1-2H3,(H,12,13). The number of carbonyl (C=O) groups is 1. The molecule has 1 N–H and O–H groups in total. The van der Waals surface area contributed by atoms with Crippen molar-refractivity contribution in [3.05, 3.63) is 0 Å². The number of unbranched alkanes of at least 4 members (excludes halogenated alkanes) is 1. The maximum Gasteiger partial charge on any atom is 0.505 e. The Bertz CT molecular complexity index is 172. The quantitative estimate of drug-likeness (QED) is 0.464. The molecular formula is C11H22O5. The molecule has 0 rings (SSSR count). The van der Waals surface area contributed by atoms with Gasteiger partial charge in [-0.3, -0.25) is 0 Å². The average Bonchev–Trinajstić information content (AvgIpc) is 2.26.